The first-order valence-electron chi connectivity index (χ1n) is 14.7. The van der Waals surface area contributed by atoms with Crippen molar-refractivity contribution >= 4 is 38.0 Å². The Morgan fingerprint density at radius 1 is 1.09 bits per heavy atom. The Hall–Kier alpha value is -4.00. The number of aromatic amines is 1. The summed E-state index contributed by atoms with van der Waals surface area (Å²) in [5, 5.41) is 11.8. The number of amides is 1. The smallest absolute Gasteiger partial charge is 0.250 e. The highest BCUT2D eigenvalue weighted by atomic mass is 32.2. The zero-order chi connectivity index (χ0) is 31.6. The van der Waals surface area contributed by atoms with Gasteiger partial charge in [0.2, 0.25) is 9.84 Å². The van der Waals surface area contributed by atoms with Crippen LogP contribution in [0.1, 0.15) is 37.0 Å². The third kappa shape index (κ3) is 6.42. The summed E-state index contributed by atoms with van der Waals surface area (Å²) in [5.41, 5.74) is 9.26. The molecule has 12 heteroatoms. The highest BCUT2D eigenvalue weighted by Gasteiger charge is 2.27. The maximum atomic E-state index is 14.0. The SMILES string of the molecule is CC(C)N(C)CCN(C)c1ccc(C(N)=O)c(NC2CCOCC2)c1-c1n[nH]c2ccc(S(=O)(=O)c3cccc(F)c3)cc12. The first-order valence-corrected chi connectivity index (χ1v) is 16.2. The molecule has 234 valence electrons. The molecule has 1 aromatic heterocycles. The van der Waals surface area contributed by atoms with Gasteiger partial charge in [-0.2, -0.15) is 5.10 Å². The number of halogens is 1. The second-order valence-electron chi connectivity index (χ2n) is 11.5. The molecule has 3 aromatic carbocycles. The molecule has 0 aliphatic carbocycles. The van der Waals surface area contributed by atoms with Crippen molar-refractivity contribution in [2.24, 2.45) is 5.73 Å². The second kappa shape index (κ2) is 12.9. The zero-order valence-electron chi connectivity index (χ0n) is 25.4. The van der Waals surface area contributed by atoms with E-state index in [-0.39, 0.29) is 15.8 Å². The van der Waals surface area contributed by atoms with E-state index in [2.05, 4.69) is 46.2 Å². The molecule has 2 heterocycles. The van der Waals surface area contributed by atoms with E-state index in [0.29, 0.717) is 59.2 Å². The van der Waals surface area contributed by atoms with E-state index in [1.165, 1.54) is 24.3 Å². The van der Waals surface area contributed by atoms with Crippen molar-refractivity contribution in [2.45, 2.75) is 48.6 Å². The van der Waals surface area contributed by atoms with E-state index in [1.54, 1.807) is 18.2 Å². The van der Waals surface area contributed by atoms with Gasteiger partial charge in [-0.15, -0.1) is 0 Å². The number of nitrogens with two attached hydrogens (primary N) is 1. The van der Waals surface area contributed by atoms with Crippen molar-refractivity contribution < 1.29 is 22.3 Å². The third-order valence-electron chi connectivity index (χ3n) is 8.29. The predicted octanol–water partition coefficient (Wildman–Crippen LogP) is 4.67. The van der Waals surface area contributed by atoms with Crippen LogP contribution in [0.5, 0.6) is 0 Å². The standard InChI is InChI=1S/C32H39FN6O4S/c1-20(2)38(3)14-15-39(4)28-11-9-25(32(34)40)30(35-22-12-16-43-17-13-22)29(28)31-26-19-24(8-10-27(26)36-37-31)44(41,42)23-7-5-6-21(33)18-23/h5-11,18-20,22,35H,12-17H2,1-4H3,(H2,34,40)(H,36,37). The molecule has 5 rings (SSSR count). The lowest BCUT2D eigenvalue weighted by Gasteiger charge is -2.30. The van der Waals surface area contributed by atoms with Crippen molar-refractivity contribution in [3.05, 3.63) is 66.0 Å². The molecule has 0 atom stereocenters. The summed E-state index contributed by atoms with van der Waals surface area (Å²) in [5.74, 6) is -1.23. The van der Waals surface area contributed by atoms with Gasteiger partial charge in [0.25, 0.3) is 5.91 Å². The second-order valence-corrected chi connectivity index (χ2v) is 13.5. The van der Waals surface area contributed by atoms with Crippen LogP contribution in [0.4, 0.5) is 15.8 Å². The fourth-order valence-electron chi connectivity index (χ4n) is 5.36. The summed E-state index contributed by atoms with van der Waals surface area (Å²) < 4.78 is 46.6. The molecule has 1 aliphatic rings. The van der Waals surface area contributed by atoms with Crippen LogP contribution >= 0.6 is 0 Å². The monoisotopic (exact) mass is 622 g/mol. The van der Waals surface area contributed by atoms with Gasteiger partial charge in [0.1, 0.15) is 11.5 Å². The lowest BCUT2D eigenvalue weighted by atomic mass is 9.97. The first kappa shape index (κ1) is 31.4. The van der Waals surface area contributed by atoms with Gasteiger partial charge in [-0.05, 0) is 82.3 Å². The zero-order valence-corrected chi connectivity index (χ0v) is 26.2. The number of carbonyl (C=O) groups excluding carboxylic acids is 1. The Labute approximate surface area is 257 Å². The van der Waals surface area contributed by atoms with Crippen LogP contribution < -0.4 is 16.0 Å². The number of anilines is 2. The van der Waals surface area contributed by atoms with E-state index >= 15 is 0 Å². The van der Waals surface area contributed by atoms with Gasteiger partial charge >= 0.3 is 0 Å². The van der Waals surface area contributed by atoms with Gasteiger partial charge in [0.15, 0.2) is 0 Å². The Bertz CT molecular complexity index is 1770. The van der Waals surface area contributed by atoms with Gasteiger partial charge in [-0.25, -0.2) is 12.8 Å². The highest BCUT2D eigenvalue weighted by Crippen LogP contribution is 2.43. The molecule has 1 saturated heterocycles. The van der Waals surface area contributed by atoms with Crippen molar-refractivity contribution in [2.75, 3.05) is 50.6 Å². The molecule has 4 N–H and O–H groups in total. The van der Waals surface area contributed by atoms with Gasteiger partial charge in [0.05, 0.1) is 32.1 Å². The number of rotatable bonds is 11. The number of H-pyrrole nitrogens is 1. The minimum absolute atomic E-state index is 0.00305. The van der Waals surface area contributed by atoms with Crippen LogP contribution in [0.3, 0.4) is 0 Å². The normalized spacial score (nSPS) is 14.4. The first-order chi connectivity index (χ1) is 21.0. The number of ether oxygens (including phenoxy) is 1. The minimum atomic E-state index is -4.04. The van der Waals surface area contributed by atoms with E-state index in [4.69, 9.17) is 10.5 Å². The van der Waals surface area contributed by atoms with Gasteiger partial charge in [-0.3, -0.25) is 9.89 Å². The topological polar surface area (TPSA) is 134 Å². The number of hydrogen-bond donors (Lipinski definition) is 3. The molecule has 0 saturated carbocycles. The molecule has 10 nitrogen and oxygen atoms in total. The molecule has 0 radical (unpaired) electrons. The minimum Gasteiger partial charge on any atom is -0.381 e. The maximum Gasteiger partial charge on any atom is 0.250 e. The number of nitrogens with one attached hydrogen (secondary N) is 2. The number of aromatic nitrogens is 2. The fourth-order valence-corrected chi connectivity index (χ4v) is 6.68. The Kier molecular flexibility index (Phi) is 9.23. The number of likely N-dealkylation sites (N-methyl/N-ethyl adjacent to an activating group) is 2. The molecule has 4 aromatic rings. The summed E-state index contributed by atoms with van der Waals surface area (Å²) in [7, 11) is 0.00283. The predicted molar refractivity (Wildman–Crippen MR) is 170 cm³/mol. The van der Waals surface area contributed by atoms with E-state index in [1.807, 2.05) is 13.1 Å². The summed E-state index contributed by atoms with van der Waals surface area (Å²) >= 11 is 0. The highest BCUT2D eigenvalue weighted by molar-refractivity contribution is 7.91. The molecule has 1 fully saturated rings. The maximum absolute atomic E-state index is 14.0. The van der Waals surface area contributed by atoms with Crippen LogP contribution in [0.15, 0.2) is 64.4 Å². The number of benzene rings is 3. The third-order valence-corrected chi connectivity index (χ3v) is 10.0. The van der Waals surface area contributed by atoms with Crippen molar-refractivity contribution in [1.82, 2.24) is 15.1 Å². The van der Waals surface area contributed by atoms with Crippen molar-refractivity contribution in [1.29, 1.82) is 0 Å². The lowest BCUT2D eigenvalue weighted by molar-refractivity contribution is 0.0904. The van der Waals surface area contributed by atoms with Crippen LogP contribution in [-0.4, -0.2) is 81.9 Å². The molecule has 0 bridgehead atoms. The summed E-state index contributed by atoms with van der Waals surface area (Å²) in [6.45, 7) is 6.91. The summed E-state index contributed by atoms with van der Waals surface area (Å²) in [6, 6.07) is 13.6. The molecule has 1 amide bonds. The van der Waals surface area contributed by atoms with E-state index in [9.17, 15) is 17.6 Å². The number of sulfone groups is 1. The average Bonchev–Trinajstić information content (AvgIpc) is 3.42. The lowest BCUT2D eigenvalue weighted by Crippen LogP contribution is -2.35. The van der Waals surface area contributed by atoms with Crippen molar-refractivity contribution in [3.8, 4) is 11.3 Å². The van der Waals surface area contributed by atoms with Gasteiger partial charge in [0, 0.05) is 56.5 Å². The van der Waals surface area contributed by atoms with Crippen LogP contribution in [0, 0.1) is 5.82 Å². The Morgan fingerprint density at radius 2 is 1.82 bits per heavy atom. The molecule has 0 unspecified atom stereocenters. The number of hydrogen-bond acceptors (Lipinski definition) is 8. The summed E-state index contributed by atoms with van der Waals surface area (Å²) in [4.78, 5) is 17.0. The van der Waals surface area contributed by atoms with E-state index in [0.717, 1.165) is 31.1 Å². The Morgan fingerprint density at radius 3 is 2.50 bits per heavy atom. The molecular formula is C32H39FN6O4S. The van der Waals surface area contributed by atoms with Gasteiger partial charge < -0.3 is 25.6 Å². The largest absolute Gasteiger partial charge is 0.381 e. The number of primary amides is 1. The molecule has 44 heavy (non-hydrogen) atoms. The quantitative estimate of drug-likeness (QED) is 0.220. The molecule has 1 aliphatic heterocycles. The number of carbonyl (C=O) groups is 1. The molecular weight excluding hydrogens is 583 g/mol. The van der Waals surface area contributed by atoms with Crippen LogP contribution in [-0.2, 0) is 14.6 Å². The average molecular weight is 623 g/mol. The van der Waals surface area contributed by atoms with Crippen molar-refractivity contribution in [3.63, 3.8) is 0 Å². The van der Waals surface area contributed by atoms with Gasteiger partial charge in [-0.1, -0.05) is 6.07 Å². The number of fused-ring (bicyclic) bond motifs is 1. The summed E-state index contributed by atoms with van der Waals surface area (Å²) in [6.07, 6.45) is 1.49. The van der Waals surface area contributed by atoms with Crippen LogP contribution in [0.25, 0.3) is 22.2 Å². The molecule has 0 spiro atoms. The van der Waals surface area contributed by atoms with E-state index < -0.39 is 21.6 Å². The fraction of sp³-hybridized carbons (Fsp3) is 0.375. The van der Waals surface area contributed by atoms with Crippen LogP contribution in [0.2, 0.25) is 0 Å². The Balaban J connectivity index is 1.70. The number of nitrogens with zero attached hydrogens (tertiary/aromatic N) is 3.